The molecule has 20 heavy (non-hydrogen) atoms. The molecule has 0 saturated heterocycles. The number of aliphatic hydroxyl groups is 1. The van der Waals surface area contributed by atoms with Gasteiger partial charge in [0, 0.05) is 0 Å². The summed E-state index contributed by atoms with van der Waals surface area (Å²) in [6.45, 7) is 0. The Kier molecular flexibility index (Phi) is 5.09. The highest BCUT2D eigenvalue weighted by Gasteiger charge is 2.42. The summed E-state index contributed by atoms with van der Waals surface area (Å²) in [7, 11) is 0.937. The van der Waals surface area contributed by atoms with E-state index < -0.39 is 30.2 Å². The summed E-state index contributed by atoms with van der Waals surface area (Å²) in [5.74, 6) is -3.51. The van der Waals surface area contributed by atoms with E-state index >= 15 is 0 Å². The molecule has 2 atom stereocenters. The van der Waals surface area contributed by atoms with Crippen molar-refractivity contribution < 1.29 is 32.6 Å². The van der Waals surface area contributed by atoms with E-state index in [0.29, 0.717) is 0 Å². The minimum absolute atomic E-state index is 0.172. The largest absolute Gasteiger partial charge is 0.471 e. The van der Waals surface area contributed by atoms with Crippen molar-refractivity contribution in [2.75, 3.05) is 7.11 Å². The fraction of sp³-hybridized carbons (Fsp3) is 0.333. The highest BCUT2D eigenvalue weighted by atomic mass is 19.4. The number of carbonyl (C=O) groups is 2. The predicted octanol–water partition coefficient (Wildman–Crippen LogP) is 0.940. The average Bonchev–Trinajstić information content (AvgIpc) is 2.42. The van der Waals surface area contributed by atoms with E-state index in [9.17, 15) is 27.9 Å². The number of hydrogen-bond donors (Lipinski definition) is 2. The molecule has 0 spiro atoms. The van der Waals surface area contributed by atoms with Crippen LogP contribution in [0.25, 0.3) is 0 Å². The summed E-state index contributed by atoms with van der Waals surface area (Å²) in [5, 5.41) is 11.3. The minimum atomic E-state index is -5.16. The van der Waals surface area contributed by atoms with Gasteiger partial charge in [0.25, 0.3) is 0 Å². The van der Waals surface area contributed by atoms with Crippen LogP contribution in [0.2, 0.25) is 0 Å². The molecule has 0 fully saturated rings. The van der Waals surface area contributed by atoms with Crippen LogP contribution in [0.15, 0.2) is 30.3 Å². The lowest BCUT2D eigenvalue weighted by atomic mass is 10.0. The number of amides is 1. The molecule has 8 heteroatoms. The lowest BCUT2D eigenvalue weighted by Crippen LogP contribution is -2.50. The first-order valence-corrected chi connectivity index (χ1v) is 5.46. The second-order valence-electron chi connectivity index (χ2n) is 3.83. The van der Waals surface area contributed by atoms with Gasteiger partial charge >= 0.3 is 18.1 Å². The second-order valence-corrected chi connectivity index (χ2v) is 3.83. The van der Waals surface area contributed by atoms with Crippen LogP contribution in [0.4, 0.5) is 13.2 Å². The molecule has 0 aromatic heterocycles. The molecule has 0 radical (unpaired) electrons. The summed E-state index contributed by atoms with van der Waals surface area (Å²) in [5.41, 5.74) is 0.172. The Hall–Kier alpha value is -2.09. The van der Waals surface area contributed by atoms with Crippen LogP contribution in [0.1, 0.15) is 11.7 Å². The Morgan fingerprint density at radius 1 is 1.25 bits per heavy atom. The Bertz CT molecular complexity index is 475. The van der Waals surface area contributed by atoms with Gasteiger partial charge in [0.1, 0.15) is 6.10 Å². The zero-order chi connectivity index (χ0) is 15.3. The summed E-state index contributed by atoms with van der Waals surface area (Å²) in [6.07, 6.45) is -6.82. The Balaban J connectivity index is 2.96. The van der Waals surface area contributed by atoms with Crippen molar-refractivity contribution in [2.45, 2.75) is 18.3 Å². The molecule has 0 heterocycles. The fourth-order valence-electron chi connectivity index (χ4n) is 1.46. The van der Waals surface area contributed by atoms with E-state index in [0.717, 1.165) is 7.11 Å². The summed E-state index contributed by atoms with van der Waals surface area (Å²) >= 11 is 0. The summed E-state index contributed by atoms with van der Waals surface area (Å²) < 4.78 is 40.9. The van der Waals surface area contributed by atoms with Crippen molar-refractivity contribution in [2.24, 2.45) is 0 Å². The molecule has 5 nitrogen and oxygen atoms in total. The van der Waals surface area contributed by atoms with E-state index in [1.54, 1.807) is 6.07 Å². The lowest BCUT2D eigenvalue weighted by Gasteiger charge is -2.22. The maximum absolute atomic E-state index is 12.2. The topological polar surface area (TPSA) is 75.6 Å². The van der Waals surface area contributed by atoms with Gasteiger partial charge in [0.15, 0.2) is 6.04 Å². The molecule has 110 valence electrons. The smallest absolute Gasteiger partial charge is 0.467 e. The predicted molar refractivity (Wildman–Crippen MR) is 61.4 cm³/mol. The zero-order valence-electron chi connectivity index (χ0n) is 10.3. The Labute approximate surface area is 112 Å². The monoisotopic (exact) mass is 291 g/mol. The van der Waals surface area contributed by atoms with Crippen molar-refractivity contribution in [3.8, 4) is 0 Å². The number of hydrogen-bond acceptors (Lipinski definition) is 4. The van der Waals surface area contributed by atoms with Gasteiger partial charge in [-0.05, 0) is 5.56 Å². The summed E-state index contributed by atoms with van der Waals surface area (Å²) in [6, 6.07) is 5.63. The van der Waals surface area contributed by atoms with Crippen molar-refractivity contribution in [3.05, 3.63) is 35.9 Å². The van der Waals surface area contributed by atoms with Crippen LogP contribution in [0, 0.1) is 0 Å². The molecule has 0 unspecified atom stereocenters. The van der Waals surface area contributed by atoms with Gasteiger partial charge in [-0.1, -0.05) is 30.3 Å². The number of benzene rings is 1. The van der Waals surface area contributed by atoms with Crippen LogP contribution in [0.3, 0.4) is 0 Å². The first kappa shape index (κ1) is 16.0. The molecule has 1 amide bonds. The van der Waals surface area contributed by atoms with Crippen LogP contribution in [-0.2, 0) is 14.3 Å². The fourth-order valence-corrected chi connectivity index (χ4v) is 1.46. The number of aliphatic hydroxyl groups excluding tert-OH is 1. The highest BCUT2D eigenvalue weighted by molar-refractivity contribution is 5.88. The van der Waals surface area contributed by atoms with Gasteiger partial charge < -0.3 is 15.2 Å². The van der Waals surface area contributed by atoms with Crippen LogP contribution in [0.5, 0.6) is 0 Å². The van der Waals surface area contributed by atoms with Gasteiger partial charge in [0.2, 0.25) is 0 Å². The maximum atomic E-state index is 12.2. The highest BCUT2D eigenvalue weighted by Crippen LogP contribution is 2.20. The molecule has 0 bridgehead atoms. The van der Waals surface area contributed by atoms with Crippen LogP contribution in [-0.4, -0.2) is 36.3 Å². The molecule has 0 aliphatic heterocycles. The van der Waals surface area contributed by atoms with Gasteiger partial charge in [0.05, 0.1) is 7.11 Å². The number of esters is 1. The van der Waals surface area contributed by atoms with Crippen LogP contribution >= 0.6 is 0 Å². The third-order valence-electron chi connectivity index (χ3n) is 2.46. The number of alkyl halides is 3. The molecule has 2 N–H and O–H groups in total. The first-order chi connectivity index (χ1) is 9.27. The van der Waals surface area contributed by atoms with E-state index in [4.69, 9.17) is 0 Å². The molecule has 1 rings (SSSR count). The SMILES string of the molecule is COC(=O)[C@H](NC(=O)C(F)(F)F)[C@@H](O)c1ccccc1. The van der Waals surface area contributed by atoms with Gasteiger partial charge in [-0.15, -0.1) is 0 Å². The van der Waals surface area contributed by atoms with E-state index in [1.165, 1.54) is 29.6 Å². The molecule has 0 aliphatic carbocycles. The van der Waals surface area contributed by atoms with Gasteiger partial charge in [-0.3, -0.25) is 4.79 Å². The van der Waals surface area contributed by atoms with E-state index in [1.807, 2.05) is 0 Å². The third kappa shape index (κ3) is 3.95. The maximum Gasteiger partial charge on any atom is 0.471 e. The third-order valence-corrected chi connectivity index (χ3v) is 2.46. The minimum Gasteiger partial charge on any atom is -0.467 e. The lowest BCUT2D eigenvalue weighted by molar-refractivity contribution is -0.177. The van der Waals surface area contributed by atoms with Crippen molar-refractivity contribution in [3.63, 3.8) is 0 Å². The number of carbonyl (C=O) groups excluding carboxylic acids is 2. The zero-order valence-corrected chi connectivity index (χ0v) is 10.3. The molecule has 1 aromatic rings. The normalized spacial score (nSPS) is 14.2. The molecular formula is C12H12F3NO4. The van der Waals surface area contributed by atoms with Gasteiger partial charge in [-0.25, -0.2) is 4.79 Å². The number of ether oxygens (including phenoxy) is 1. The number of rotatable bonds is 4. The average molecular weight is 291 g/mol. The van der Waals surface area contributed by atoms with E-state index in [2.05, 4.69) is 4.74 Å². The van der Waals surface area contributed by atoms with E-state index in [-0.39, 0.29) is 5.56 Å². The van der Waals surface area contributed by atoms with Crippen LogP contribution < -0.4 is 5.32 Å². The molecular weight excluding hydrogens is 279 g/mol. The Morgan fingerprint density at radius 2 is 1.80 bits per heavy atom. The quantitative estimate of drug-likeness (QED) is 0.810. The van der Waals surface area contributed by atoms with Crippen molar-refractivity contribution in [1.82, 2.24) is 5.32 Å². The number of halogens is 3. The summed E-state index contributed by atoms with van der Waals surface area (Å²) in [4.78, 5) is 22.3. The molecule has 1 aromatic carbocycles. The number of nitrogens with one attached hydrogen (secondary N) is 1. The number of methoxy groups -OCH3 is 1. The van der Waals surface area contributed by atoms with Gasteiger partial charge in [-0.2, -0.15) is 13.2 Å². The van der Waals surface area contributed by atoms with Crippen molar-refractivity contribution in [1.29, 1.82) is 0 Å². The Morgan fingerprint density at radius 3 is 2.25 bits per heavy atom. The molecule has 0 aliphatic rings. The second kappa shape index (κ2) is 6.38. The molecule has 0 saturated carbocycles. The van der Waals surface area contributed by atoms with Crippen molar-refractivity contribution >= 4 is 11.9 Å². The standard InChI is InChI=1S/C12H12F3NO4/c1-20-10(18)8(16-11(19)12(13,14)15)9(17)7-5-3-2-4-6-7/h2-6,8-9,17H,1H3,(H,16,19)/t8-,9+/m1/s1. The first-order valence-electron chi connectivity index (χ1n) is 5.46.